The fourth-order valence-electron chi connectivity index (χ4n) is 4.58. The van der Waals surface area contributed by atoms with Crippen LogP contribution in [0.15, 0.2) is 42.9 Å². The van der Waals surface area contributed by atoms with Gasteiger partial charge >= 0.3 is 6.18 Å². The molecule has 0 N–H and O–H groups in total. The van der Waals surface area contributed by atoms with Crippen molar-refractivity contribution in [1.29, 1.82) is 5.26 Å². The SMILES string of the molecule is N#Cc1nccnc1N1CCN2[C@@H](CC[C@@H]2c2cn(-c3cccc(C(F)(F)F)c3)nn2)C1. The van der Waals surface area contributed by atoms with Crippen LogP contribution in [0.1, 0.15) is 35.8 Å². The largest absolute Gasteiger partial charge is 0.416 e. The number of nitrogens with zero attached hydrogens (tertiary/aromatic N) is 8. The molecule has 2 saturated heterocycles. The number of piperazine rings is 1. The highest BCUT2D eigenvalue weighted by molar-refractivity contribution is 5.50. The highest BCUT2D eigenvalue weighted by atomic mass is 19.4. The summed E-state index contributed by atoms with van der Waals surface area (Å²) < 4.78 is 40.5. The first-order valence-corrected chi connectivity index (χ1v) is 10.3. The minimum atomic E-state index is -4.41. The number of aromatic nitrogens is 5. The molecule has 164 valence electrons. The Labute approximate surface area is 181 Å². The molecule has 2 atom stereocenters. The van der Waals surface area contributed by atoms with E-state index in [0.29, 0.717) is 23.7 Å². The van der Waals surface area contributed by atoms with Gasteiger partial charge < -0.3 is 4.90 Å². The Morgan fingerprint density at radius 2 is 1.94 bits per heavy atom. The molecule has 2 aromatic heterocycles. The standard InChI is InChI=1S/C21H19F3N8/c22-21(23,24)14-2-1-3-15(10-14)32-13-18(28-29-32)19-5-4-16-12-30(8-9-31(16)19)20-17(11-25)26-6-7-27-20/h1-3,6-7,10,13,16,19H,4-5,8-9,12H2/t16-,19+/m0/s1. The van der Waals surface area contributed by atoms with Gasteiger partial charge in [0.2, 0.25) is 0 Å². The number of anilines is 1. The van der Waals surface area contributed by atoms with E-state index in [1.54, 1.807) is 18.5 Å². The normalized spacial score (nSPS) is 21.4. The number of benzene rings is 1. The smallest absolute Gasteiger partial charge is 0.351 e. The Balaban J connectivity index is 1.33. The number of hydrogen-bond donors (Lipinski definition) is 0. The van der Waals surface area contributed by atoms with E-state index in [9.17, 15) is 18.4 Å². The zero-order chi connectivity index (χ0) is 22.3. The molecule has 32 heavy (non-hydrogen) atoms. The first-order chi connectivity index (χ1) is 15.4. The molecule has 0 bridgehead atoms. The van der Waals surface area contributed by atoms with E-state index in [-0.39, 0.29) is 12.1 Å². The third-order valence-corrected chi connectivity index (χ3v) is 6.08. The van der Waals surface area contributed by atoms with Crippen LogP contribution in [0.4, 0.5) is 19.0 Å². The molecule has 0 aliphatic carbocycles. The number of fused-ring (bicyclic) bond motifs is 1. The average molecular weight is 440 g/mol. The zero-order valence-corrected chi connectivity index (χ0v) is 16.9. The third-order valence-electron chi connectivity index (χ3n) is 6.08. The summed E-state index contributed by atoms with van der Waals surface area (Å²) in [6.07, 6.45) is 2.23. The fraction of sp³-hybridized carbons (Fsp3) is 0.381. The van der Waals surface area contributed by atoms with E-state index >= 15 is 0 Å². The topological polar surface area (TPSA) is 86.8 Å². The molecular weight excluding hydrogens is 421 g/mol. The van der Waals surface area contributed by atoms with E-state index in [0.717, 1.165) is 43.8 Å². The van der Waals surface area contributed by atoms with Gasteiger partial charge in [0, 0.05) is 38.1 Å². The predicted octanol–water partition coefficient (Wildman–Crippen LogP) is 2.97. The molecule has 0 spiro atoms. The van der Waals surface area contributed by atoms with Crippen molar-refractivity contribution < 1.29 is 13.2 Å². The van der Waals surface area contributed by atoms with E-state index in [2.05, 4.69) is 36.1 Å². The van der Waals surface area contributed by atoms with Gasteiger partial charge in [0.05, 0.1) is 23.5 Å². The van der Waals surface area contributed by atoms with Crippen molar-refractivity contribution in [2.24, 2.45) is 0 Å². The lowest BCUT2D eigenvalue weighted by atomic mass is 10.1. The summed E-state index contributed by atoms with van der Waals surface area (Å²) in [5.41, 5.74) is 0.671. The summed E-state index contributed by atoms with van der Waals surface area (Å²) in [6.45, 7) is 2.18. The maximum atomic E-state index is 13.0. The molecule has 2 aliphatic heterocycles. The Morgan fingerprint density at radius 1 is 1.09 bits per heavy atom. The Morgan fingerprint density at radius 3 is 2.75 bits per heavy atom. The minimum Gasteiger partial charge on any atom is -0.351 e. The summed E-state index contributed by atoms with van der Waals surface area (Å²) in [5, 5.41) is 17.7. The highest BCUT2D eigenvalue weighted by Gasteiger charge is 2.40. The van der Waals surface area contributed by atoms with Gasteiger partial charge in [-0.25, -0.2) is 14.6 Å². The van der Waals surface area contributed by atoms with Crippen molar-refractivity contribution in [2.75, 3.05) is 24.5 Å². The van der Waals surface area contributed by atoms with Crippen LogP contribution in [0.3, 0.4) is 0 Å². The molecule has 2 aliphatic rings. The lowest BCUT2D eigenvalue weighted by Crippen LogP contribution is -2.51. The van der Waals surface area contributed by atoms with Crippen LogP contribution in [0.5, 0.6) is 0 Å². The molecule has 0 saturated carbocycles. The van der Waals surface area contributed by atoms with Gasteiger partial charge in [0.1, 0.15) is 11.8 Å². The Hall–Kier alpha value is -3.52. The quantitative estimate of drug-likeness (QED) is 0.619. The van der Waals surface area contributed by atoms with Crippen LogP contribution in [0.25, 0.3) is 5.69 Å². The lowest BCUT2D eigenvalue weighted by molar-refractivity contribution is -0.137. The average Bonchev–Trinajstić information content (AvgIpc) is 3.45. The summed E-state index contributed by atoms with van der Waals surface area (Å²) in [7, 11) is 0. The lowest BCUT2D eigenvalue weighted by Gasteiger charge is -2.40. The van der Waals surface area contributed by atoms with Gasteiger partial charge in [0.25, 0.3) is 0 Å². The van der Waals surface area contributed by atoms with Crippen LogP contribution in [-0.4, -0.2) is 55.5 Å². The first kappa shape index (κ1) is 20.4. The second-order valence-electron chi connectivity index (χ2n) is 7.91. The van der Waals surface area contributed by atoms with Gasteiger partial charge in [0.15, 0.2) is 11.5 Å². The summed E-state index contributed by atoms with van der Waals surface area (Å²) >= 11 is 0. The van der Waals surface area contributed by atoms with Crippen LogP contribution in [0, 0.1) is 11.3 Å². The van der Waals surface area contributed by atoms with Crippen LogP contribution in [-0.2, 0) is 6.18 Å². The monoisotopic (exact) mass is 440 g/mol. The maximum absolute atomic E-state index is 13.0. The number of halogens is 3. The second-order valence-corrected chi connectivity index (χ2v) is 7.91. The number of alkyl halides is 3. The first-order valence-electron chi connectivity index (χ1n) is 10.3. The van der Waals surface area contributed by atoms with E-state index < -0.39 is 11.7 Å². The number of rotatable bonds is 3. The van der Waals surface area contributed by atoms with Crippen LogP contribution >= 0.6 is 0 Å². The van der Waals surface area contributed by atoms with Crippen LogP contribution < -0.4 is 4.90 Å². The van der Waals surface area contributed by atoms with Gasteiger partial charge in [-0.05, 0) is 31.0 Å². The van der Waals surface area contributed by atoms with Gasteiger partial charge in [-0.15, -0.1) is 5.10 Å². The molecule has 8 nitrogen and oxygen atoms in total. The Bertz CT molecular complexity index is 1170. The molecule has 1 aromatic carbocycles. The van der Waals surface area contributed by atoms with Crippen molar-refractivity contribution in [3.05, 3.63) is 59.8 Å². The van der Waals surface area contributed by atoms with Gasteiger partial charge in [-0.3, -0.25) is 4.90 Å². The van der Waals surface area contributed by atoms with Gasteiger partial charge in [-0.1, -0.05) is 11.3 Å². The molecule has 4 heterocycles. The molecule has 3 aromatic rings. The molecular formula is C21H19F3N8. The maximum Gasteiger partial charge on any atom is 0.416 e. The number of hydrogen-bond acceptors (Lipinski definition) is 7. The highest BCUT2D eigenvalue weighted by Crippen LogP contribution is 2.38. The molecule has 0 amide bonds. The molecule has 5 rings (SSSR count). The molecule has 11 heteroatoms. The van der Waals surface area contributed by atoms with E-state index in [4.69, 9.17) is 0 Å². The summed E-state index contributed by atoms with van der Waals surface area (Å²) in [4.78, 5) is 12.9. The molecule has 2 fully saturated rings. The third kappa shape index (κ3) is 3.67. The minimum absolute atomic E-state index is 0.0546. The molecule has 0 radical (unpaired) electrons. The van der Waals surface area contributed by atoms with Crippen molar-refractivity contribution in [1.82, 2.24) is 29.9 Å². The zero-order valence-electron chi connectivity index (χ0n) is 16.9. The van der Waals surface area contributed by atoms with Crippen molar-refractivity contribution >= 4 is 5.82 Å². The van der Waals surface area contributed by atoms with E-state index in [1.807, 2.05) is 0 Å². The van der Waals surface area contributed by atoms with Crippen LogP contribution in [0.2, 0.25) is 0 Å². The summed E-state index contributed by atoms with van der Waals surface area (Å²) in [6, 6.07) is 7.48. The predicted molar refractivity (Wildman–Crippen MR) is 108 cm³/mol. The molecule has 0 unspecified atom stereocenters. The van der Waals surface area contributed by atoms with Crippen molar-refractivity contribution in [3.8, 4) is 11.8 Å². The number of nitriles is 1. The second kappa shape index (κ2) is 7.87. The summed E-state index contributed by atoms with van der Waals surface area (Å²) in [5.74, 6) is 0.605. The van der Waals surface area contributed by atoms with E-state index in [1.165, 1.54) is 16.9 Å². The fourth-order valence-corrected chi connectivity index (χ4v) is 4.58. The Kier molecular flexibility index (Phi) is 5.01. The van der Waals surface area contributed by atoms with Gasteiger partial charge in [-0.2, -0.15) is 18.4 Å². The van der Waals surface area contributed by atoms with Crippen molar-refractivity contribution in [3.63, 3.8) is 0 Å². The van der Waals surface area contributed by atoms with Crippen molar-refractivity contribution in [2.45, 2.75) is 31.1 Å².